The van der Waals surface area contributed by atoms with Gasteiger partial charge in [0.05, 0.1) is 6.04 Å². The molecule has 1 heterocycles. The molecule has 3 rings (SSSR count). The maximum absolute atomic E-state index is 12.2. The Labute approximate surface area is 128 Å². The number of hydrogen-bond acceptors (Lipinski definition) is 4. The minimum atomic E-state index is -3.80. The van der Waals surface area contributed by atoms with Crippen molar-refractivity contribution >= 4 is 15.9 Å². The van der Waals surface area contributed by atoms with E-state index < -0.39 is 10.0 Å². The lowest BCUT2D eigenvalue weighted by atomic mass is 10.1. The molecule has 6 nitrogen and oxygen atoms in total. The molecule has 0 fully saturated rings. The second-order valence-corrected chi connectivity index (χ2v) is 6.75. The van der Waals surface area contributed by atoms with Gasteiger partial charge in [-0.1, -0.05) is 24.3 Å². The maximum Gasteiger partial charge on any atom is 0.270 e. The Hall–Kier alpha value is -2.25. The minimum absolute atomic E-state index is 0.0385. The molecule has 0 radical (unpaired) electrons. The van der Waals surface area contributed by atoms with Gasteiger partial charge in [0, 0.05) is 6.20 Å². The number of nitrogens with one attached hydrogen (secondary N) is 1. The van der Waals surface area contributed by atoms with Crippen molar-refractivity contribution in [3.05, 3.63) is 59.4 Å². The summed E-state index contributed by atoms with van der Waals surface area (Å²) in [5, 5.41) is 7.93. The molecule has 0 unspecified atom stereocenters. The van der Waals surface area contributed by atoms with Crippen LogP contribution in [-0.4, -0.2) is 19.3 Å². The van der Waals surface area contributed by atoms with Gasteiger partial charge >= 0.3 is 0 Å². The summed E-state index contributed by atoms with van der Waals surface area (Å²) in [7, 11) is -3.80. The molecule has 1 aromatic carbocycles. The lowest BCUT2D eigenvalue weighted by molar-refractivity contribution is 0.0931. The number of pyridine rings is 1. The van der Waals surface area contributed by atoms with Crippen LogP contribution in [0.1, 0.15) is 34.1 Å². The van der Waals surface area contributed by atoms with E-state index in [4.69, 9.17) is 5.14 Å². The highest BCUT2D eigenvalue weighted by Gasteiger charge is 2.24. The van der Waals surface area contributed by atoms with Crippen LogP contribution in [0.25, 0.3) is 0 Å². The van der Waals surface area contributed by atoms with Gasteiger partial charge in [0.1, 0.15) is 10.6 Å². The number of fused-ring (bicyclic) bond motifs is 1. The van der Waals surface area contributed by atoms with Gasteiger partial charge < -0.3 is 5.32 Å². The number of amides is 1. The van der Waals surface area contributed by atoms with Gasteiger partial charge in [0.15, 0.2) is 0 Å². The number of rotatable bonds is 3. The molecule has 0 aliphatic heterocycles. The first-order valence-electron chi connectivity index (χ1n) is 6.82. The average Bonchev–Trinajstić information content (AvgIpc) is 2.90. The summed E-state index contributed by atoms with van der Waals surface area (Å²) in [4.78, 5) is 16.0. The number of primary sulfonamides is 1. The third kappa shape index (κ3) is 2.86. The first-order valence-corrected chi connectivity index (χ1v) is 8.37. The molecular weight excluding hydrogens is 302 g/mol. The van der Waals surface area contributed by atoms with Crippen molar-refractivity contribution in [1.82, 2.24) is 10.3 Å². The molecule has 1 aliphatic rings. The van der Waals surface area contributed by atoms with Crippen molar-refractivity contribution in [2.45, 2.75) is 23.8 Å². The van der Waals surface area contributed by atoms with Crippen LogP contribution in [0.4, 0.5) is 0 Å². The summed E-state index contributed by atoms with van der Waals surface area (Å²) in [6, 6.07) is 10.6. The summed E-state index contributed by atoms with van der Waals surface area (Å²) >= 11 is 0. The van der Waals surface area contributed by atoms with Crippen LogP contribution < -0.4 is 10.5 Å². The smallest absolute Gasteiger partial charge is 0.270 e. The molecule has 1 aliphatic carbocycles. The Morgan fingerprint density at radius 2 is 2.00 bits per heavy atom. The van der Waals surface area contributed by atoms with Gasteiger partial charge in [0.2, 0.25) is 10.0 Å². The van der Waals surface area contributed by atoms with E-state index in [0.717, 1.165) is 24.6 Å². The molecule has 1 amide bonds. The average molecular weight is 317 g/mol. The standard InChI is InChI=1S/C15H15N3O3S/c16-22(20,21)11-6-8-14(17-9-11)15(19)18-13-7-5-10-3-1-2-4-12(10)13/h1-4,6,8-9,13H,5,7H2,(H,18,19)(H2,16,20,21)/t13-/m1/s1. The Kier molecular flexibility index (Phi) is 3.67. The van der Waals surface area contributed by atoms with E-state index in [2.05, 4.69) is 16.4 Å². The zero-order valence-corrected chi connectivity index (χ0v) is 12.5. The van der Waals surface area contributed by atoms with Crippen LogP contribution in [0.15, 0.2) is 47.5 Å². The third-order valence-corrected chi connectivity index (χ3v) is 4.63. The zero-order chi connectivity index (χ0) is 15.7. The number of carbonyl (C=O) groups excluding carboxylic acids is 1. The fourth-order valence-corrected chi connectivity index (χ4v) is 3.08. The van der Waals surface area contributed by atoms with E-state index in [0.29, 0.717) is 0 Å². The predicted molar refractivity (Wildman–Crippen MR) is 80.6 cm³/mol. The van der Waals surface area contributed by atoms with Gasteiger partial charge in [-0.15, -0.1) is 0 Å². The fraction of sp³-hybridized carbons (Fsp3) is 0.200. The van der Waals surface area contributed by atoms with Gasteiger partial charge in [-0.25, -0.2) is 18.5 Å². The number of hydrogen-bond donors (Lipinski definition) is 2. The van der Waals surface area contributed by atoms with Crippen LogP contribution in [0, 0.1) is 0 Å². The van der Waals surface area contributed by atoms with Crippen LogP contribution in [0.2, 0.25) is 0 Å². The second kappa shape index (κ2) is 5.51. The molecular formula is C15H15N3O3S. The number of aromatic nitrogens is 1. The van der Waals surface area contributed by atoms with E-state index in [-0.39, 0.29) is 22.5 Å². The van der Waals surface area contributed by atoms with E-state index in [1.54, 1.807) is 0 Å². The number of aryl methyl sites for hydroxylation is 1. The first-order chi connectivity index (χ1) is 10.4. The monoisotopic (exact) mass is 317 g/mol. The fourth-order valence-electron chi connectivity index (χ4n) is 2.62. The van der Waals surface area contributed by atoms with Gasteiger partial charge in [0.25, 0.3) is 5.91 Å². The summed E-state index contributed by atoms with van der Waals surface area (Å²) in [5.41, 5.74) is 2.53. The van der Waals surface area contributed by atoms with Gasteiger partial charge in [-0.2, -0.15) is 0 Å². The van der Waals surface area contributed by atoms with Gasteiger partial charge in [-0.3, -0.25) is 4.79 Å². The number of nitrogens with zero attached hydrogens (tertiary/aromatic N) is 1. The predicted octanol–water partition coefficient (Wildman–Crippen LogP) is 1.15. The third-order valence-electron chi connectivity index (χ3n) is 3.74. The number of nitrogens with two attached hydrogens (primary N) is 1. The lowest BCUT2D eigenvalue weighted by Crippen LogP contribution is -2.28. The van der Waals surface area contributed by atoms with Crippen molar-refractivity contribution in [2.75, 3.05) is 0 Å². The molecule has 0 spiro atoms. The highest BCUT2D eigenvalue weighted by Crippen LogP contribution is 2.30. The maximum atomic E-state index is 12.2. The van der Waals surface area contributed by atoms with Crippen molar-refractivity contribution in [3.63, 3.8) is 0 Å². The molecule has 0 saturated heterocycles. The first kappa shape index (κ1) is 14.7. The highest BCUT2D eigenvalue weighted by atomic mass is 32.2. The molecule has 7 heteroatoms. The molecule has 3 N–H and O–H groups in total. The van der Waals surface area contributed by atoms with Crippen LogP contribution in [0.3, 0.4) is 0 Å². The normalized spacial score (nSPS) is 17.0. The van der Waals surface area contributed by atoms with Crippen molar-refractivity contribution in [1.29, 1.82) is 0 Å². The Morgan fingerprint density at radius 1 is 1.23 bits per heavy atom. The summed E-state index contributed by atoms with van der Waals surface area (Å²) < 4.78 is 22.3. The van der Waals surface area contributed by atoms with E-state index >= 15 is 0 Å². The zero-order valence-electron chi connectivity index (χ0n) is 11.7. The summed E-state index contributed by atoms with van der Waals surface area (Å²) in [5.74, 6) is -0.331. The molecule has 22 heavy (non-hydrogen) atoms. The Morgan fingerprint density at radius 3 is 2.68 bits per heavy atom. The van der Waals surface area contributed by atoms with Crippen LogP contribution in [-0.2, 0) is 16.4 Å². The quantitative estimate of drug-likeness (QED) is 0.886. The molecule has 114 valence electrons. The second-order valence-electron chi connectivity index (χ2n) is 5.19. The van der Waals surface area contributed by atoms with Crippen LogP contribution >= 0.6 is 0 Å². The van der Waals surface area contributed by atoms with Crippen molar-refractivity contribution < 1.29 is 13.2 Å². The molecule has 2 aromatic rings. The number of carbonyl (C=O) groups is 1. The molecule has 0 saturated carbocycles. The van der Waals surface area contributed by atoms with E-state index in [1.165, 1.54) is 17.7 Å². The summed E-state index contributed by atoms with van der Waals surface area (Å²) in [6.45, 7) is 0. The van der Waals surface area contributed by atoms with Crippen molar-refractivity contribution in [3.8, 4) is 0 Å². The topological polar surface area (TPSA) is 102 Å². The molecule has 1 atom stereocenters. The van der Waals surface area contributed by atoms with Crippen molar-refractivity contribution in [2.24, 2.45) is 5.14 Å². The Balaban J connectivity index is 1.76. The van der Waals surface area contributed by atoms with E-state index in [1.807, 2.05) is 18.2 Å². The highest BCUT2D eigenvalue weighted by molar-refractivity contribution is 7.89. The molecule has 1 aromatic heterocycles. The number of benzene rings is 1. The van der Waals surface area contributed by atoms with Gasteiger partial charge in [-0.05, 0) is 36.1 Å². The minimum Gasteiger partial charge on any atom is -0.344 e. The summed E-state index contributed by atoms with van der Waals surface area (Å²) in [6.07, 6.45) is 2.87. The largest absolute Gasteiger partial charge is 0.344 e. The van der Waals surface area contributed by atoms with Crippen LogP contribution in [0.5, 0.6) is 0 Å². The van der Waals surface area contributed by atoms with E-state index in [9.17, 15) is 13.2 Å². The molecule has 0 bridgehead atoms. The SMILES string of the molecule is NS(=O)(=O)c1ccc(C(=O)N[C@@H]2CCc3ccccc32)nc1. The number of sulfonamides is 1. The lowest BCUT2D eigenvalue weighted by Gasteiger charge is -2.13. The Bertz CT molecular complexity index is 816.